The maximum Gasteiger partial charge on any atom is 0.257 e. The number of hydrogen-bond acceptors (Lipinski definition) is 4. The first kappa shape index (κ1) is 15.4. The van der Waals surface area contributed by atoms with Crippen molar-refractivity contribution in [1.29, 1.82) is 0 Å². The summed E-state index contributed by atoms with van der Waals surface area (Å²) in [5.74, 6) is 0.610. The first-order valence-electron chi connectivity index (χ1n) is 6.34. The fourth-order valence-corrected chi connectivity index (χ4v) is 2.09. The van der Waals surface area contributed by atoms with E-state index in [-0.39, 0.29) is 18.3 Å². The van der Waals surface area contributed by atoms with Gasteiger partial charge in [-0.05, 0) is 40.5 Å². The minimum atomic E-state index is -0.369. The van der Waals surface area contributed by atoms with Gasteiger partial charge in [-0.15, -0.1) is 0 Å². The van der Waals surface area contributed by atoms with Crippen molar-refractivity contribution < 1.29 is 13.9 Å². The van der Waals surface area contributed by atoms with E-state index in [2.05, 4.69) is 36.4 Å². The summed E-state index contributed by atoms with van der Waals surface area (Å²) < 4.78 is 18.7. The zero-order valence-corrected chi connectivity index (χ0v) is 12.7. The van der Waals surface area contributed by atoms with Gasteiger partial charge in [-0.1, -0.05) is 0 Å². The summed E-state index contributed by atoms with van der Waals surface area (Å²) in [4.78, 5) is 15.6. The summed E-state index contributed by atoms with van der Waals surface area (Å²) >= 11 is 3.17. The van der Waals surface area contributed by atoms with Crippen molar-refractivity contribution in [3.63, 3.8) is 0 Å². The Kier molecular flexibility index (Phi) is 5.68. The monoisotopic (exact) mass is 356 g/mol. The Labute approximate surface area is 129 Å². The number of nitrogens with zero attached hydrogens (tertiary/aromatic N) is 2. The molecule has 0 radical (unpaired) electrons. The number of carbonyl (C=O) groups excluding carboxylic acids is 1. The fraction of sp³-hybridized carbons (Fsp3) is 0.308. The Bertz CT molecular complexity index is 592. The van der Waals surface area contributed by atoms with Gasteiger partial charge in [0.25, 0.3) is 5.91 Å². The van der Waals surface area contributed by atoms with E-state index in [1.54, 1.807) is 0 Å². The van der Waals surface area contributed by atoms with Crippen molar-refractivity contribution in [2.45, 2.75) is 12.8 Å². The largest absolute Gasteiger partial charge is 0.483 e. The molecule has 0 bridgehead atoms. The Morgan fingerprint density at radius 3 is 3.05 bits per heavy atom. The molecule has 0 fully saturated rings. The fourth-order valence-electron chi connectivity index (χ4n) is 1.62. The summed E-state index contributed by atoms with van der Waals surface area (Å²) in [6.07, 6.45) is 2.91. The molecule has 1 aromatic heterocycles. The van der Waals surface area contributed by atoms with E-state index in [1.807, 2.05) is 0 Å². The third kappa shape index (κ3) is 5.14. The molecule has 0 saturated carbocycles. The highest BCUT2D eigenvalue weighted by molar-refractivity contribution is 9.10. The van der Waals surface area contributed by atoms with Crippen molar-refractivity contribution >= 4 is 21.8 Å². The standard InChI is InChI=1S/C13H14BrFN4O2/c14-10-6-9(15)3-4-11(10)21-7-13(20)16-5-1-2-12-17-8-18-19-12/h3-4,6,8H,1-2,5,7H2,(H,16,20)(H,17,18,19). The van der Waals surface area contributed by atoms with E-state index in [0.29, 0.717) is 23.2 Å². The number of aromatic nitrogens is 3. The molecule has 0 spiro atoms. The highest BCUT2D eigenvalue weighted by Gasteiger charge is 2.06. The lowest BCUT2D eigenvalue weighted by molar-refractivity contribution is -0.123. The Hall–Kier alpha value is -1.96. The number of amides is 1. The first-order valence-corrected chi connectivity index (χ1v) is 7.13. The van der Waals surface area contributed by atoms with Gasteiger partial charge in [0.2, 0.25) is 0 Å². The molecule has 6 nitrogen and oxygen atoms in total. The second kappa shape index (κ2) is 7.72. The highest BCUT2D eigenvalue weighted by atomic mass is 79.9. The predicted molar refractivity (Wildman–Crippen MR) is 77.3 cm³/mol. The van der Waals surface area contributed by atoms with Crippen LogP contribution in [0.4, 0.5) is 4.39 Å². The summed E-state index contributed by atoms with van der Waals surface area (Å²) in [5, 5.41) is 9.22. The van der Waals surface area contributed by atoms with Crippen LogP contribution in [0.15, 0.2) is 29.0 Å². The average Bonchev–Trinajstić information content (AvgIpc) is 2.96. The van der Waals surface area contributed by atoms with Crippen LogP contribution < -0.4 is 10.1 Å². The maximum absolute atomic E-state index is 12.9. The summed E-state index contributed by atoms with van der Waals surface area (Å²) in [7, 11) is 0. The van der Waals surface area contributed by atoms with E-state index in [9.17, 15) is 9.18 Å². The number of nitrogens with one attached hydrogen (secondary N) is 2. The van der Waals surface area contributed by atoms with Gasteiger partial charge in [0.1, 0.15) is 23.7 Å². The molecule has 1 heterocycles. The first-order chi connectivity index (χ1) is 10.1. The lowest BCUT2D eigenvalue weighted by Crippen LogP contribution is -2.30. The molecular formula is C13H14BrFN4O2. The zero-order valence-electron chi connectivity index (χ0n) is 11.1. The van der Waals surface area contributed by atoms with Gasteiger partial charge < -0.3 is 10.1 Å². The Morgan fingerprint density at radius 1 is 1.48 bits per heavy atom. The summed E-state index contributed by atoms with van der Waals surface area (Å²) in [5.41, 5.74) is 0. The Balaban J connectivity index is 1.65. The number of H-pyrrole nitrogens is 1. The molecule has 1 aromatic carbocycles. The molecule has 0 saturated heterocycles. The molecule has 112 valence electrons. The second-order valence-electron chi connectivity index (χ2n) is 4.25. The summed E-state index contributed by atoms with van der Waals surface area (Å²) in [6, 6.07) is 4.02. The number of benzene rings is 1. The number of rotatable bonds is 7. The van der Waals surface area contributed by atoms with E-state index in [0.717, 1.165) is 12.2 Å². The van der Waals surface area contributed by atoms with Crippen LogP contribution in [-0.4, -0.2) is 34.2 Å². The van der Waals surface area contributed by atoms with Crippen LogP contribution in [-0.2, 0) is 11.2 Å². The molecule has 0 atom stereocenters. The zero-order chi connectivity index (χ0) is 15.1. The van der Waals surface area contributed by atoms with Gasteiger partial charge in [0, 0.05) is 13.0 Å². The van der Waals surface area contributed by atoms with Crippen LogP contribution >= 0.6 is 15.9 Å². The van der Waals surface area contributed by atoms with Crippen molar-refractivity contribution in [3.8, 4) is 5.75 Å². The second-order valence-corrected chi connectivity index (χ2v) is 5.10. The number of aryl methyl sites for hydroxylation is 1. The number of halogens is 2. The van der Waals surface area contributed by atoms with Gasteiger partial charge in [0.05, 0.1) is 4.47 Å². The molecule has 0 aliphatic rings. The van der Waals surface area contributed by atoms with Crippen LogP contribution in [0.2, 0.25) is 0 Å². The van der Waals surface area contributed by atoms with Gasteiger partial charge in [-0.3, -0.25) is 9.89 Å². The van der Waals surface area contributed by atoms with E-state index in [4.69, 9.17) is 4.74 Å². The minimum Gasteiger partial charge on any atom is -0.483 e. The van der Waals surface area contributed by atoms with Gasteiger partial charge >= 0.3 is 0 Å². The molecule has 1 amide bonds. The highest BCUT2D eigenvalue weighted by Crippen LogP contribution is 2.25. The minimum absolute atomic E-state index is 0.119. The van der Waals surface area contributed by atoms with E-state index in [1.165, 1.54) is 24.5 Å². The molecule has 8 heteroatoms. The van der Waals surface area contributed by atoms with Gasteiger partial charge in [0.15, 0.2) is 6.61 Å². The molecular weight excluding hydrogens is 343 g/mol. The Morgan fingerprint density at radius 2 is 2.33 bits per heavy atom. The number of ether oxygens (including phenoxy) is 1. The average molecular weight is 357 g/mol. The quantitative estimate of drug-likeness (QED) is 0.741. The number of hydrogen-bond donors (Lipinski definition) is 2. The third-order valence-corrected chi connectivity index (χ3v) is 3.25. The van der Waals surface area contributed by atoms with Gasteiger partial charge in [-0.25, -0.2) is 9.37 Å². The smallest absolute Gasteiger partial charge is 0.257 e. The van der Waals surface area contributed by atoms with Crippen molar-refractivity contribution in [1.82, 2.24) is 20.5 Å². The van der Waals surface area contributed by atoms with E-state index < -0.39 is 0 Å². The van der Waals surface area contributed by atoms with Crippen molar-refractivity contribution in [2.24, 2.45) is 0 Å². The van der Waals surface area contributed by atoms with E-state index >= 15 is 0 Å². The predicted octanol–water partition coefficient (Wildman–Crippen LogP) is 1.83. The maximum atomic E-state index is 12.9. The molecule has 0 aliphatic carbocycles. The lowest BCUT2D eigenvalue weighted by atomic mass is 10.3. The van der Waals surface area contributed by atoms with Crippen LogP contribution in [0.1, 0.15) is 12.2 Å². The normalized spacial score (nSPS) is 10.4. The molecule has 21 heavy (non-hydrogen) atoms. The van der Waals surface area contributed by atoms with Crippen LogP contribution in [0, 0.1) is 5.82 Å². The topological polar surface area (TPSA) is 79.9 Å². The molecule has 0 unspecified atom stereocenters. The number of carbonyl (C=O) groups is 1. The SMILES string of the molecule is O=C(COc1ccc(F)cc1Br)NCCCc1ncn[nH]1. The van der Waals surface area contributed by atoms with Crippen LogP contribution in [0.25, 0.3) is 0 Å². The summed E-state index contributed by atoms with van der Waals surface area (Å²) in [6.45, 7) is 0.403. The molecule has 2 rings (SSSR count). The third-order valence-electron chi connectivity index (χ3n) is 2.63. The van der Waals surface area contributed by atoms with Gasteiger partial charge in [-0.2, -0.15) is 5.10 Å². The molecule has 2 N–H and O–H groups in total. The number of aromatic amines is 1. The van der Waals surface area contributed by atoms with Crippen molar-refractivity contribution in [3.05, 3.63) is 40.6 Å². The van der Waals surface area contributed by atoms with Crippen molar-refractivity contribution in [2.75, 3.05) is 13.2 Å². The van der Waals surface area contributed by atoms with Crippen LogP contribution in [0.3, 0.4) is 0 Å². The lowest BCUT2D eigenvalue weighted by Gasteiger charge is -2.08. The molecule has 0 aliphatic heterocycles. The molecule has 2 aromatic rings. The van der Waals surface area contributed by atoms with Crippen LogP contribution in [0.5, 0.6) is 5.75 Å².